The molecule has 0 aromatic heterocycles. The van der Waals surface area contributed by atoms with E-state index < -0.39 is 12.6 Å². The number of carboxylic acid groups (broad SMARTS) is 1. The van der Waals surface area contributed by atoms with Crippen LogP contribution >= 0.6 is 0 Å². The molecule has 1 amide bonds. The number of carbonyl (C=O) groups is 2. The second kappa shape index (κ2) is 6.15. The lowest BCUT2D eigenvalue weighted by Crippen LogP contribution is -2.32. The summed E-state index contributed by atoms with van der Waals surface area (Å²) < 4.78 is 4.64. The zero-order valence-electron chi connectivity index (χ0n) is 8.45. The van der Waals surface area contributed by atoms with Gasteiger partial charge >= 0.3 is 5.97 Å². The van der Waals surface area contributed by atoms with Crippen molar-refractivity contribution in [2.75, 3.05) is 26.8 Å². The summed E-state index contributed by atoms with van der Waals surface area (Å²) in [6.07, 6.45) is 0. The van der Waals surface area contributed by atoms with Crippen molar-refractivity contribution in [2.45, 2.75) is 6.92 Å². The molecule has 0 fully saturated rings. The van der Waals surface area contributed by atoms with Gasteiger partial charge in [-0.25, -0.2) is 4.79 Å². The normalized spacial score (nSPS) is 9.57. The van der Waals surface area contributed by atoms with E-state index in [1.807, 2.05) is 6.92 Å². The van der Waals surface area contributed by atoms with Crippen LogP contribution in [-0.4, -0.2) is 48.7 Å². The number of rotatable bonds is 6. The molecule has 14 heavy (non-hydrogen) atoms. The quantitative estimate of drug-likeness (QED) is 0.620. The maximum absolute atomic E-state index is 11.2. The van der Waals surface area contributed by atoms with E-state index in [9.17, 15) is 9.59 Å². The molecule has 0 spiro atoms. The van der Waals surface area contributed by atoms with E-state index in [0.717, 1.165) is 5.57 Å². The van der Waals surface area contributed by atoms with Crippen molar-refractivity contribution in [3.05, 3.63) is 12.2 Å². The fourth-order valence-corrected chi connectivity index (χ4v) is 0.829. The Bertz CT molecular complexity index is 237. The molecule has 1 N–H and O–H groups in total. The number of nitrogens with zero attached hydrogens (tertiary/aromatic N) is 1. The van der Waals surface area contributed by atoms with Gasteiger partial charge in [0.25, 0.3) is 0 Å². The van der Waals surface area contributed by atoms with Gasteiger partial charge in [0.15, 0.2) is 0 Å². The van der Waals surface area contributed by atoms with Gasteiger partial charge in [-0.1, -0.05) is 12.2 Å². The third-order valence-corrected chi connectivity index (χ3v) is 1.38. The molecule has 0 unspecified atom stereocenters. The first-order valence-electron chi connectivity index (χ1n) is 4.11. The van der Waals surface area contributed by atoms with Crippen LogP contribution in [0.25, 0.3) is 0 Å². The molecule has 0 aliphatic heterocycles. The lowest BCUT2D eigenvalue weighted by Gasteiger charge is -2.16. The van der Waals surface area contributed by atoms with Gasteiger partial charge in [-0.05, 0) is 6.92 Å². The van der Waals surface area contributed by atoms with Crippen LogP contribution in [-0.2, 0) is 14.3 Å². The van der Waals surface area contributed by atoms with Crippen LogP contribution in [0.15, 0.2) is 12.2 Å². The predicted molar refractivity (Wildman–Crippen MR) is 50.9 cm³/mol. The summed E-state index contributed by atoms with van der Waals surface area (Å²) in [5.41, 5.74) is 0.860. The highest BCUT2D eigenvalue weighted by atomic mass is 16.5. The van der Waals surface area contributed by atoms with Gasteiger partial charge in [-0.2, -0.15) is 0 Å². The third kappa shape index (κ3) is 6.19. The molecule has 0 atom stereocenters. The van der Waals surface area contributed by atoms with Crippen LogP contribution in [0.3, 0.4) is 0 Å². The average Bonchev–Trinajstić information content (AvgIpc) is 2.01. The summed E-state index contributed by atoms with van der Waals surface area (Å²) in [7, 11) is 1.61. The molecule has 0 radical (unpaired) electrons. The van der Waals surface area contributed by atoms with Gasteiger partial charge < -0.3 is 14.7 Å². The Morgan fingerprint density at radius 1 is 1.43 bits per heavy atom. The Labute approximate surface area is 83.0 Å². The summed E-state index contributed by atoms with van der Waals surface area (Å²) in [6, 6.07) is 0. The van der Waals surface area contributed by atoms with Gasteiger partial charge in [0.05, 0.1) is 0 Å². The molecule has 0 aromatic carbocycles. The largest absolute Gasteiger partial charge is 0.480 e. The van der Waals surface area contributed by atoms with Crippen molar-refractivity contribution >= 4 is 11.9 Å². The summed E-state index contributed by atoms with van der Waals surface area (Å²) in [4.78, 5) is 22.7. The van der Waals surface area contributed by atoms with Crippen LogP contribution < -0.4 is 0 Å². The average molecular weight is 201 g/mol. The van der Waals surface area contributed by atoms with Crippen LogP contribution in [0.1, 0.15) is 6.92 Å². The number of hydrogen-bond donors (Lipinski definition) is 1. The standard InChI is InChI=1S/C9H15NO4/c1-7(2)4-10(3)8(11)5-14-6-9(12)13/h1,4-6H2,2-3H3,(H,12,13). The van der Waals surface area contributed by atoms with Crippen molar-refractivity contribution < 1.29 is 19.4 Å². The van der Waals surface area contributed by atoms with Crippen LogP contribution in [0.5, 0.6) is 0 Å². The molecule has 0 aliphatic rings. The number of hydrogen-bond acceptors (Lipinski definition) is 3. The molecule has 80 valence electrons. The highest BCUT2D eigenvalue weighted by molar-refractivity contribution is 5.77. The molecular weight excluding hydrogens is 186 g/mol. The Kier molecular flexibility index (Phi) is 5.55. The van der Waals surface area contributed by atoms with Gasteiger partial charge in [0.1, 0.15) is 13.2 Å². The van der Waals surface area contributed by atoms with Gasteiger partial charge in [0, 0.05) is 13.6 Å². The van der Waals surface area contributed by atoms with Crippen molar-refractivity contribution in [3.63, 3.8) is 0 Å². The Balaban J connectivity index is 3.73. The molecule has 0 saturated heterocycles. The van der Waals surface area contributed by atoms with Gasteiger partial charge in [-0.3, -0.25) is 4.79 Å². The van der Waals surface area contributed by atoms with Crippen molar-refractivity contribution in [1.82, 2.24) is 4.90 Å². The number of likely N-dealkylation sites (N-methyl/N-ethyl adjacent to an activating group) is 1. The zero-order valence-corrected chi connectivity index (χ0v) is 8.45. The highest BCUT2D eigenvalue weighted by Crippen LogP contribution is 1.93. The van der Waals surface area contributed by atoms with E-state index in [-0.39, 0.29) is 12.5 Å². The SMILES string of the molecule is C=C(C)CN(C)C(=O)COCC(=O)O. The van der Waals surface area contributed by atoms with E-state index in [1.54, 1.807) is 7.05 Å². The monoisotopic (exact) mass is 201 g/mol. The molecular formula is C9H15NO4. The van der Waals surface area contributed by atoms with Crippen LogP contribution in [0, 0.1) is 0 Å². The van der Waals surface area contributed by atoms with E-state index >= 15 is 0 Å². The number of carbonyl (C=O) groups excluding carboxylic acids is 1. The van der Waals surface area contributed by atoms with E-state index in [2.05, 4.69) is 11.3 Å². The predicted octanol–water partition coefficient (Wildman–Crippen LogP) is 0.122. The Morgan fingerprint density at radius 3 is 2.43 bits per heavy atom. The maximum Gasteiger partial charge on any atom is 0.329 e. The van der Waals surface area contributed by atoms with Gasteiger partial charge in [0.2, 0.25) is 5.91 Å². The van der Waals surface area contributed by atoms with Crippen LogP contribution in [0.4, 0.5) is 0 Å². The van der Waals surface area contributed by atoms with Crippen molar-refractivity contribution in [3.8, 4) is 0 Å². The number of amides is 1. The smallest absolute Gasteiger partial charge is 0.329 e. The molecule has 0 saturated carbocycles. The van der Waals surface area contributed by atoms with Crippen molar-refractivity contribution in [2.24, 2.45) is 0 Å². The summed E-state index contributed by atoms with van der Waals surface area (Å²) in [6.45, 7) is 5.25. The van der Waals surface area contributed by atoms with Gasteiger partial charge in [-0.15, -0.1) is 0 Å². The zero-order chi connectivity index (χ0) is 11.1. The summed E-state index contributed by atoms with van der Waals surface area (Å²) in [5, 5.41) is 8.25. The summed E-state index contributed by atoms with van der Waals surface area (Å²) >= 11 is 0. The van der Waals surface area contributed by atoms with E-state index in [0.29, 0.717) is 6.54 Å². The lowest BCUT2D eigenvalue weighted by atomic mass is 10.3. The Hall–Kier alpha value is -1.36. The van der Waals surface area contributed by atoms with E-state index in [4.69, 9.17) is 5.11 Å². The number of aliphatic carboxylic acids is 1. The molecule has 5 heteroatoms. The molecule has 0 heterocycles. The first-order valence-corrected chi connectivity index (χ1v) is 4.11. The number of carboxylic acids is 1. The Morgan fingerprint density at radius 2 is 2.00 bits per heavy atom. The topological polar surface area (TPSA) is 66.8 Å². The summed E-state index contributed by atoms with van der Waals surface area (Å²) in [5.74, 6) is -1.34. The molecule has 0 aliphatic carbocycles. The second-order valence-electron chi connectivity index (χ2n) is 3.09. The molecule has 0 rings (SSSR count). The maximum atomic E-state index is 11.2. The fraction of sp³-hybridized carbons (Fsp3) is 0.556. The van der Waals surface area contributed by atoms with E-state index in [1.165, 1.54) is 4.90 Å². The minimum absolute atomic E-state index is 0.212. The molecule has 5 nitrogen and oxygen atoms in total. The highest BCUT2D eigenvalue weighted by Gasteiger charge is 2.09. The molecule has 0 bridgehead atoms. The minimum atomic E-state index is -1.08. The second-order valence-corrected chi connectivity index (χ2v) is 3.09. The fourth-order valence-electron chi connectivity index (χ4n) is 0.829. The minimum Gasteiger partial charge on any atom is -0.480 e. The van der Waals surface area contributed by atoms with Crippen LogP contribution in [0.2, 0.25) is 0 Å². The first-order chi connectivity index (χ1) is 6.43. The number of ether oxygens (including phenoxy) is 1. The van der Waals surface area contributed by atoms with Crippen molar-refractivity contribution in [1.29, 1.82) is 0 Å². The third-order valence-electron chi connectivity index (χ3n) is 1.38. The first kappa shape index (κ1) is 12.6. The molecule has 0 aromatic rings. The lowest BCUT2D eigenvalue weighted by molar-refractivity contribution is -0.145.